The first-order chi connectivity index (χ1) is 11.7. The fourth-order valence-electron chi connectivity index (χ4n) is 3.40. The second-order valence-corrected chi connectivity index (χ2v) is 7.39. The van der Waals surface area contributed by atoms with Gasteiger partial charge < -0.3 is 4.74 Å². The summed E-state index contributed by atoms with van der Waals surface area (Å²) in [6.07, 6.45) is 11.2. The summed E-state index contributed by atoms with van der Waals surface area (Å²) in [6.45, 7) is 0.565. The van der Waals surface area contributed by atoms with Gasteiger partial charge >= 0.3 is 0 Å². The van der Waals surface area contributed by atoms with Crippen molar-refractivity contribution in [3.05, 3.63) is 22.4 Å². The van der Waals surface area contributed by atoms with Crippen LogP contribution in [0.4, 0.5) is 0 Å². The molecule has 0 spiro atoms. The fourth-order valence-corrected chi connectivity index (χ4v) is 4.04. The van der Waals surface area contributed by atoms with Crippen LogP contribution in [0, 0.1) is 5.92 Å². The Morgan fingerprint density at radius 1 is 1.08 bits per heavy atom. The van der Waals surface area contributed by atoms with Crippen molar-refractivity contribution < 1.29 is 19.1 Å². The van der Waals surface area contributed by atoms with Gasteiger partial charge in [-0.05, 0) is 43.0 Å². The molecule has 2 aliphatic rings. The number of carbonyl (C=O) groups is 3. The largest absolute Gasteiger partial charge is 0.465 e. The van der Waals surface area contributed by atoms with Crippen molar-refractivity contribution in [3.8, 4) is 0 Å². The monoisotopic (exact) mass is 350 g/mol. The molecule has 5 heteroatoms. The molecule has 2 aliphatic carbocycles. The zero-order valence-electron chi connectivity index (χ0n) is 14.1. The second-order valence-electron chi connectivity index (χ2n) is 6.61. The van der Waals surface area contributed by atoms with Gasteiger partial charge in [0.2, 0.25) is 11.6 Å². The molecule has 24 heavy (non-hydrogen) atoms. The third kappa shape index (κ3) is 6.19. The van der Waals surface area contributed by atoms with Crippen LogP contribution in [0.1, 0.15) is 74.6 Å². The number of hydrogen-bond acceptors (Lipinski definition) is 5. The van der Waals surface area contributed by atoms with Gasteiger partial charge in [0.1, 0.15) is 6.10 Å². The molecular formula is C19H26O4S. The molecule has 0 aliphatic heterocycles. The molecule has 1 aromatic heterocycles. The Morgan fingerprint density at radius 3 is 2.33 bits per heavy atom. The van der Waals surface area contributed by atoms with E-state index in [-0.39, 0.29) is 17.7 Å². The van der Waals surface area contributed by atoms with E-state index in [1.807, 2.05) is 5.38 Å². The quantitative estimate of drug-likeness (QED) is 0.428. The number of thiophene rings is 1. The van der Waals surface area contributed by atoms with Crippen LogP contribution in [-0.4, -0.2) is 24.1 Å². The number of carbonyl (C=O) groups excluding carboxylic acids is 3. The first-order valence-electron chi connectivity index (χ1n) is 8.89. The minimum Gasteiger partial charge on any atom is -0.465 e. The molecule has 0 atom stereocenters. The van der Waals surface area contributed by atoms with Crippen molar-refractivity contribution in [1.29, 1.82) is 0 Å². The van der Waals surface area contributed by atoms with Crippen LogP contribution in [0.15, 0.2) is 16.8 Å². The van der Waals surface area contributed by atoms with Crippen LogP contribution in [-0.2, 0) is 14.3 Å². The maximum Gasteiger partial charge on any atom is 0.293 e. The standard InChI is InChI=1S/C12H14O2S.C7H12O2/c13-11(7-9-3-1-2-4-9)12(14)10-5-6-15-8-10;8-6-9-7-4-2-1-3-5-7/h5-6,8-9H,1-4,7H2;6-7H,1-5H2. The Labute approximate surface area is 147 Å². The van der Waals surface area contributed by atoms with Gasteiger partial charge in [0.25, 0.3) is 6.47 Å². The Kier molecular flexibility index (Phi) is 8.16. The van der Waals surface area contributed by atoms with Gasteiger partial charge in [0.15, 0.2) is 0 Å². The van der Waals surface area contributed by atoms with Crippen LogP contribution >= 0.6 is 11.3 Å². The fraction of sp³-hybridized carbons (Fsp3) is 0.632. The number of hydrogen-bond donors (Lipinski definition) is 0. The Bertz CT molecular complexity index is 511. The molecule has 0 N–H and O–H groups in total. The van der Waals surface area contributed by atoms with Crippen molar-refractivity contribution in [1.82, 2.24) is 0 Å². The Balaban J connectivity index is 0.000000198. The Morgan fingerprint density at radius 2 is 1.75 bits per heavy atom. The number of ketones is 2. The number of Topliss-reactive ketones (excluding diaryl/α,β-unsaturated/α-hetero) is 2. The van der Waals surface area contributed by atoms with E-state index in [1.165, 1.54) is 43.4 Å². The maximum absolute atomic E-state index is 11.7. The first-order valence-corrected chi connectivity index (χ1v) is 9.84. The van der Waals surface area contributed by atoms with E-state index in [2.05, 4.69) is 0 Å². The molecular weight excluding hydrogens is 324 g/mol. The van der Waals surface area contributed by atoms with Gasteiger partial charge in [-0.25, -0.2) is 0 Å². The highest BCUT2D eigenvalue weighted by molar-refractivity contribution is 7.08. The molecule has 2 fully saturated rings. The molecule has 0 bridgehead atoms. The minimum atomic E-state index is -0.303. The topological polar surface area (TPSA) is 60.4 Å². The van der Waals surface area contributed by atoms with Crippen LogP contribution in [0.3, 0.4) is 0 Å². The van der Waals surface area contributed by atoms with Crippen molar-refractivity contribution in [2.24, 2.45) is 5.92 Å². The van der Waals surface area contributed by atoms with Crippen LogP contribution in [0.2, 0.25) is 0 Å². The highest BCUT2D eigenvalue weighted by Gasteiger charge is 2.23. The van der Waals surface area contributed by atoms with E-state index >= 15 is 0 Å². The van der Waals surface area contributed by atoms with Crippen molar-refractivity contribution in [3.63, 3.8) is 0 Å². The van der Waals surface area contributed by atoms with Crippen molar-refractivity contribution in [2.75, 3.05) is 0 Å². The molecule has 4 nitrogen and oxygen atoms in total. The maximum atomic E-state index is 11.7. The van der Waals surface area contributed by atoms with Gasteiger partial charge in [0, 0.05) is 17.4 Å². The summed E-state index contributed by atoms with van der Waals surface area (Å²) < 4.78 is 4.80. The molecule has 0 saturated heterocycles. The summed E-state index contributed by atoms with van der Waals surface area (Å²) in [6, 6.07) is 1.72. The van der Waals surface area contributed by atoms with E-state index in [4.69, 9.17) is 4.74 Å². The van der Waals surface area contributed by atoms with Gasteiger partial charge in [-0.1, -0.05) is 32.1 Å². The summed E-state index contributed by atoms with van der Waals surface area (Å²) in [4.78, 5) is 33.2. The molecule has 1 heterocycles. The van der Waals surface area contributed by atoms with E-state index in [9.17, 15) is 14.4 Å². The van der Waals surface area contributed by atoms with Crippen LogP contribution in [0.25, 0.3) is 0 Å². The SMILES string of the molecule is O=C(CC1CCCC1)C(=O)c1ccsc1.O=COC1CCCCC1. The van der Waals surface area contributed by atoms with E-state index in [0.29, 0.717) is 24.4 Å². The van der Waals surface area contributed by atoms with E-state index in [0.717, 1.165) is 25.7 Å². The Hall–Kier alpha value is -1.49. The summed E-state index contributed by atoms with van der Waals surface area (Å²) in [5, 5.41) is 3.57. The number of rotatable bonds is 6. The summed E-state index contributed by atoms with van der Waals surface area (Å²) in [5.41, 5.74) is 0.558. The lowest BCUT2D eigenvalue weighted by atomic mass is 9.97. The van der Waals surface area contributed by atoms with Crippen LogP contribution < -0.4 is 0 Å². The first kappa shape index (κ1) is 18.8. The predicted octanol–water partition coefficient (Wildman–Crippen LogP) is 4.57. The molecule has 2 saturated carbocycles. The van der Waals surface area contributed by atoms with Crippen molar-refractivity contribution >= 4 is 29.4 Å². The highest BCUT2D eigenvalue weighted by Crippen LogP contribution is 2.28. The highest BCUT2D eigenvalue weighted by atomic mass is 32.1. The van der Waals surface area contributed by atoms with E-state index < -0.39 is 0 Å². The molecule has 0 radical (unpaired) electrons. The summed E-state index contributed by atoms with van der Waals surface area (Å²) in [5.74, 6) is -0.0523. The summed E-state index contributed by atoms with van der Waals surface area (Å²) in [7, 11) is 0. The zero-order valence-corrected chi connectivity index (χ0v) is 14.9. The molecule has 0 unspecified atom stereocenters. The second kappa shape index (κ2) is 10.4. The summed E-state index contributed by atoms with van der Waals surface area (Å²) >= 11 is 1.46. The van der Waals surface area contributed by atoms with Crippen molar-refractivity contribution in [2.45, 2.75) is 70.3 Å². The lowest BCUT2D eigenvalue weighted by Gasteiger charge is -2.18. The van der Waals surface area contributed by atoms with E-state index in [1.54, 1.807) is 11.4 Å². The minimum absolute atomic E-state index is 0.208. The van der Waals surface area contributed by atoms with Gasteiger partial charge in [-0.15, -0.1) is 0 Å². The third-order valence-electron chi connectivity index (χ3n) is 4.79. The van der Waals surface area contributed by atoms with Crippen LogP contribution in [0.5, 0.6) is 0 Å². The van der Waals surface area contributed by atoms with Gasteiger partial charge in [-0.2, -0.15) is 11.3 Å². The molecule has 0 aromatic carbocycles. The normalized spacial score (nSPS) is 18.5. The third-order valence-corrected chi connectivity index (χ3v) is 5.47. The smallest absolute Gasteiger partial charge is 0.293 e. The predicted molar refractivity (Wildman–Crippen MR) is 94.3 cm³/mol. The zero-order chi connectivity index (χ0) is 17.2. The molecule has 132 valence electrons. The average molecular weight is 350 g/mol. The van der Waals surface area contributed by atoms with Gasteiger partial charge in [-0.3, -0.25) is 14.4 Å². The molecule has 1 aromatic rings. The molecule has 0 amide bonds. The average Bonchev–Trinajstić information content (AvgIpc) is 3.30. The van der Waals surface area contributed by atoms with Gasteiger partial charge in [0.05, 0.1) is 0 Å². The number of ether oxygens (including phenoxy) is 1. The lowest BCUT2D eigenvalue weighted by molar-refractivity contribution is -0.134. The lowest BCUT2D eigenvalue weighted by Crippen LogP contribution is -2.16. The molecule has 3 rings (SSSR count).